The number of benzene rings is 1. The molecule has 0 unspecified atom stereocenters. The first-order valence-electron chi connectivity index (χ1n) is 7.21. The molecule has 21 heavy (non-hydrogen) atoms. The lowest BCUT2D eigenvalue weighted by molar-refractivity contribution is -0.148. The second kappa shape index (κ2) is 6.19. The average molecular weight is 286 g/mol. The predicted octanol–water partition coefficient (Wildman–Crippen LogP) is 2.16. The van der Waals surface area contributed by atoms with Crippen molar-refractivity contribution in [2.45, 2.75) is 31.5 Å². The highest BCUT2D eigenvalue weighted by Gasteiger charge is 2.45. The topological polar surface area (TPSA) is 44.8 Å². The Kier molecular flexibility index (Phi) is 4.12. The molecule has 1 aromatic rings. The molecule has 2 aliphatic heterocycles. The lowest BCUT2D eigenvalue weighted by Crippen LogP contribution is -2.27. The summed E-state index contributed by atoms with van der Waals surface area (Å²) in [5, 5.41) is 0. The van der Waals surface area contributed by atoms with Crippen LogP contribution in [0.4, 0.5) is 0 Å². The lowest BCUT2D eigenvalue weighted by Gasteiger charge is -2.15. The molecule has 2 heterocycles. The van der Waals surface area contributed by atoms with E-state index in [0.717, 1.165) is 30.6 Å². The van der Waals surface area contributed by atoms with Crippen LogP contribution in [0.3, 0.4) is 0 Å². The van der Waals surface area contributed by atoms with Gasteiger partial charge in [0.25, 0.3) is 0 Å². The van der Waals surface area contributed by atoms with E-state index < -0.39 is 0 Å². The van der Waals surface area contributed by atoms with E-state index in [1.165, 1.54) is 0 Å². The Balaban J connectivity index is 1.50. The SMILES string of the molecule is COc1cccc(C#CCOC(=O)[C@@H]2C[C@H]3CC[C@H]2O3)c1. The summed E-state index contributed by atoms with van der Waals surface area (Å²) in [5.41, 5.74) is 0.841. The minimum absolute atomic E-state index is 0.0637. The van der Waals surface area contributed by atoms with Gasteiger partial charge in [0.1, 0.15) is 5.75 Å². The molecular formula is C17H18O4. The number of methoxy groups -OCH3 is 1. The zero-order valence-electron chi connectivity index (χ0n) is 12.0. The second-order valence-corrected chi connectivity index (χ2v) is 5.36. The van der Waals surface area contributed by atoms with Crippen molar-refractivity contribution in [3.8, 4) is 17.6 Å². The Morgan fingerprint density at radius 2 is 2.33 bits per heavy atom. The molecular weight excluding hydrogens is 268 g/mol. The molecule has 0 aromatic heterocycles. The smallest absolute Gasteiger partial charge is 0.312 e. The maximum absolute atomic E-state index is 12.0. The van der Waals surface area contributed by atoms with E-state index in [9.17, 15) is 4.79 Å². The number of rotatable bonds is 3. The van der Waals surface area contributed by atoms with Gasteiger partial charge in [-0.3, -0.25) is 4.79 Å². The quantitative estimate of drug-likeness (QED) is 0.631. The maximum atomic E-state index is 12.0. The summed E-state index contributed by atoms with van der Waals surface area (Å²) < 4.78 is 16.0. The Hall–Kier alpha value is -1.99. The Bertz CT molecular complexity index is 584. The minimum atomic E-state index is -0.179. The molecule has 110 valence electrons. The molecule has 2 aliphatic rings. The predicted molar refractivity (Wildman–Crippen MR) is 76.8 cm³/mol. The maximum Gasteiger partial charge on any atom is 0.312 e. The molecule has 0 saturated carbocycles. The van der Waals surface area contributed by atoms with Crippen molar-refractivity contribution in [1.29, 1.82) is 0 Å². The third-order valence-corrected chi connectivity index (χ3v) is 4.00. The molecule has 2 fully saturated rings. The molecule has 0 N–H and O–H groups in total. The van der Waals surface area contributed by atoms with Gasteiger partial charge in [-0.2, -0.15) is 0 Å². The van der Waals surface area contributed by atoms with Crippen molar-refractivity contribution < 1.29 is 19.0 Å². The van der Waals surface area contributed by atoms with Crippen LogP contribution in [-0.4, -0.2) is 31.9 Å². The summed E-state index contributed by atoms with van der Waals surface area (Å²) >= 11 is 0. The number of fused-ring (bicyclic) bond motifs is 2. The van der Waals surface area contributed by atoms with Gasteiger partial charge in [-0.25, -0.2) is 0 Å². The normalized spacial score (nSPS) is 26.0. The molecule has 4 heteroatoms. The second-order valence-electron chi connectivity index (χ2n) is 5.36. The summed E-state index contributed by atoms with van der Waals surface area (Å²) in [6.07, 6.45) is 3.17. The highest BCUT2D eigenvalue weighted by atomic mass is 16.5. The summed E-state index contributed by atoms with van der Waals surface area (Å²) in [4.78, 5) is 12.0. The van der Waals surface area contributed by atoms with E-state index in [-0.39, 0.29) is 30.7 Å². The van der Waals surface area contributed by atoms with Crippen molar-refractivity contribution >= 4 is 5.97 Å². The van der Waals surface area contributed by atoms with Gasteiger partial charge in [-0.1, -0.05) is 17.9 Å². The Labute approximate surface area is 124 Å². The van der Waals surface area contributed by atoms with Crippen LogP contribution in [0.1, 0.15) is 24.8 Å². The molecule has 0 radical (unpaired) electrons. The molecule has 3 atom stereocenters. The van der Waals surface area contributed by atoms with Gasteiger partial charge in [0.15, 0.2) is 6.61 Å². The molecule has 0 aliphatic carbocycles. The van der Waals surface area contributed by atoms with Gasteiger partial charge >= 0.3 is 5.97 Å². The summed E-state index contributed by atoms with van der Waals surface area (Å²) in [6, 6.07) is 7.47. The van der Waals surface area contributed by atoms with Crippen LogP contribution in [0.2, 0.25) is 0 Å². The van der Waals surface area contributed by atoms with Crippen LogP contribution in [-0.2, 0) is 14.3 Å². The largest absolute Gasteiger partial charge is 0.497 e. The van der Waals surface area contributed by atoms with Gasteiger partial charge in [0, 0.05) is 5.56 Å². The summed E-state index contributed by atoms with van der Waals surface area (Å²) in [7, 11) is 1.62. The van der Waals surface area contributed by atoms with Gasteiger partial charge in [-0.05, 0) is 37.5 Å². The highest BCUT2D eigenvalue weighted by molar-refractivity contribution is 5.74. The third kappa shape index (κ3) is 3.20. The summed E-state index contributed by atoms with van der Waals surface area (Å²) in [6.45, 7) is 0.115. The molecule has 0 spiro atoms. The zero-order chi connectivity index (χ0) is 14.7. The van der Waals surface area contributed by atoms with Crippen molar-refractivity contribution in [1.82, 2.24) is 0 Å². The lowest BCUT2D eigenvalue weighted by atomic mass is 9.89. The molecule has 2 bridgehead atoms. The van der Waals surface area contributed by atoms with Gasteiger partial charge in [0.2, 0.25) is 0 Å². The number of esters is 1. The van der Waals surface area contributed by atoms with E-state index in [4.69, 9.17) is 14.2 Å². The van der Waals surface area contributed by atoms with Crippen LogP contribution >= 0.6 is 0 Å². The number of ether oxygens (including phenoxy) is 3. The van der Waals surface area contributed by atoms with Crippen molar-refractivity contribution in [3.05, 3.63) is 29.8 Å². The number of carbonyl (C=O) groups excluding carboxylic acids is 1. The monoisotopic (exact) mass is 286 g/mol. The van der Waals surface area contributed by atoms with Crippen LogP contribution in [0, 0.1) is 17.8 Å². The fraction of sp³-hybridized carbons (Fsp3) is 0.471. The number of hydrogen-bond donors (Lipinski definition) is 0. The first-order chi connectivity index (χ1) is 10.3. The van der Waals surface area contributed by atoms with E-state index in [1.54, 1.807) is 7.11 Å². The van der Waals surface area contributed by atoms with Crippen LogP contribution in [0.5, 0.6) is 5.75 Å². The Morgan fingerprint density at radius 1 is 1.43 bits per heavy atom. The highest BCUT2D eigenvalue weighted by Crippen LogP contribution is 2.39. The van der Waals surface area contributed by atoms with Gasteiger partial charge in [-0.15, -0.1) is 0 Å². The van der Waals surface area contributed by atoms with E-state index in [1.807, 2.05) is 24.3 Å². The minimum Gasteiger partial charge on any atom is -0.497 e. The Morgan fingerprint density at radius 3 is 3.05 bits per heavy atom. The fourth-order valence-corrected chi connectivity index (χ4v) is 2.94. The van der Waals surface area contributed by atoms with Gasteiger partial charge in [0.05, 0.1) is 25.2 Å². The number of carbonyl (C=O) groups is 1. The summed E-state index contributed by atoms with van der Waals surface area (Å²) in [5.74, 6) is 6.31. The molecule has 4 nitrogen and oxygen atoms in total. The van der Waals surface area contributed by atoms with Crippen LogP contribution in [0.25, 0.3) is 0 Å². The molecule has 2 saturated heterocycles. The zero-order valence-corrected chi connectivity index (χ0v) is 12.0. The molecule has 1 aromatic carbocycles. The van der Waals surface area contributed by atoms with Crippen molar-refractivity contribution in [3.63, 3.8) is 0 Å². The third-order valence-electron chi connectivity index (χ3n) is 4.00. The van der Waals surface area contributed by atoms with Crippen LogP contribution in [0.15, 0.2) is 24.3 Å². The van der Waals surface area contributed by atoms with Gasteiger partial charge < -0.3 is 14.2 Å². The average Bonchev–Trinajstić information content (AvgIpc) is 3.14. The van der Waals surface area contributed by atoms with Crippen molar-refractivity contribution in [2.75, 3.05) is 13.7 Å². The van der Waals surface area contributed by atoms with E-state index in [0.29, 0.717) is 0 Å². The standard InChI is InChI=1S/C17H18O4/c1-19-13-6-2-4-12(10-13)5-3-9-20-17(18)15-11-14-7-8-16(15)21-14/h2,4,6,10,14-16H,7-9,11H2,1H3/t14-,15-,16-/m1/s1. The van der Waals surface area contributed by atoms with Crippen LogP contribution < -0.4 is 4.74 Å². The fourth-order valence-electron chi connectivity index (χ4n) is 2.94. The number of hydrogen-bond acceptors (Lipinski definition) is 4. The van der Waals surface area contributed by atoms with E-state index in [2.05, 4.69) is 11.8 Å². The van der Waals surface area contributed by atoms with Crippen molar-refractivity contribution in [2.24, 2.45) is 5.92 Å². The molecule has 3 rings (SSSR count). The van der Waals surface area contributed by atoms with E-state index >= 15 is 0 Å². The first kappa shape index (κ1) is 14.0. The first-order valence-corrected chi connectivity index (χ1v) is 7.21. The molecule has 0 amide bonds.